The molecule has 0 saturated carbocycles. The lowest BCUT2D eigenvalue weighted by atomic mass is 10.4. The van der Waals surface area contributed by atoms with Gasteiger partial charge in [-0.25, -0.2) is 8.42 Å². The topological polar surface area (TPSA) is 71.4 Å². The quantitative estimate of drug-likeness (QED) is 0.816. The monoisotopic (exact) mass is 246 g/mol. The number of rotatable bonds is 4. The molecule has 15 heavy (non-hydrogen) atoms. The highest BCUT2D eigenvalue weighted by molar-refractivity contribution is 7.94. The van der Waals surface area contributed by atoms with E-state index in [0.717, 1.165) is 5.41 Å². The summed E-state index contributed by atoms with van der Waals surface area (Å²) < 4.78 is 33.5. The van der Waals surface area contributed by atoms with Crippen molar-refractivity contribution in [3.05, 3.63) is 41.8 Å². The van der Waals surface area contributed by atoms with Gasteiger partial charge in [-0.05, 0) is 12.1 Å². The molecular formula is C9H11O4PS. The molecule has 82 valence electrons. The SMILES string of the molecule is O=[PH](O)CC=CS(=O)(=O)c1ccccc1. The predicted molar refractivity (Wildman–Crippen MR) is 58.9 cm³/mol. The van der Waals surface area contributed by atoms with Crippen LogP contribution in [-0.2, 0) is 14.4 Å². The fourth-order valence-corrected chi connectivity index (χ4v) is 2.50. The number of benzene rings is 1. The summed E-state index contributed by atoms with van der Waals surface area (Å²) in [7, 11) is -6.11. The van der Waals surface area contributed by atoms with Gasteiger partial charge < -0.3 is 4.89 Å². The molecule has 0 radical (unpaired) electrons. The van der Waals surface area contributed by atoms with Gasteiger partial charge in [0.15, 0.2) is 17.9 Å². The Morgan fingerprint density at radius 3 is 2.40 bits per heavy atom. The van der Waals surface area contributed by atoms with Gasteiger partial charge in [0.2, 0.25) is 0 Å². The van der Waals surface area contributed by atoms with E-state index in [1.807, 2.05) is 0 Å². The Hall–Kier alpha value is -0.900. The zero-order valence-corrected chi connectivity index (χ0v) is 9.65. The molecule has 0 bridgehead atoms. The molecule has 1 unspecified atom stereocenters. The van der Waals surface area contributed by atoms with Gasteiger partial charge in [0, 0.05) is 11.6 Å². The van der Waals surface area contributed by atoms with Crippen molar-refractivity contribution in [3.8, 4) is 0 Å². The van der Waals surface area contributed by atoms with Gasteiger partial charge in [0.25, 0.3) is 0 Å². The molecule has 0 fully saturated rings. The lowest BCUT2D eigenvalue weighted by Crippen LogP contribution is -1.95. The molecule has 1 atom stereocenters. The van der Waals surface area contributed by atoms with Gasteiger partial charge in [0.05, 0.1) is 4.90 Å². The summed E-state index contributed by atoms with van der Waals surface area (Å²) in [6, 6.07) is 7.91. The fraction of sp³-hybridized carbons (Fsp3) is 0.111. The normalized spacial score (nSPS) is 14.2. The largest absolute Gasteiger partial charge is 0.346 e. The first kappa shape index (κ1) is 12.2. The summed E-state index contributed by atoms with van der Waals surface area (Å²) in [5, 5.41) is 0.959. The van der Waals surface area contributed by atoms with Crippen LogP contribution in [0.15, 0.2) is 46.7 Å². The third-order valence-electron chi connectivity index (χ3n) is 1.64. The first-order valence-corrected chi connectivity index (χ1v) is 7.32. The second-order valence-corrected chi connectivity index (χ2v) is 5.86. The Labute approximate surface area is 89.0 Å². The van der Waals surface area contributed by atoms with Crippen molar-refractivity contribution >= 4 is 17.9 Å². The van der Waals surface area contributed by atoms with Crippen molar-refractivity contribution in [2.45, 2.75) is 4.90 Å². The van der Waals surface area contributed by atoms with Crippen molar-refractivity contribution in [1.29, 1.82) is 0 Å². The Kier molecular flexibility index (Phi) is 4.27. The maximum absolute atomic E-state index is 11.6. The van der Waals surface area contributed by atoms with Crippen molar-refractivity contribution in [2.75, 3.05) is 6.16 Å². The van der Waals surface area contributed by atoms with E-state index < -0.39 is 17.9 Å². The summed E-state index contributed by atoms with van der Waals surface area (Å²) in [5.41, 5.74) is 0. The van der Waals surface area contributed by atoms with Crippen LogP contribution in [0.2, 0.25) is 0 Å². The average molecular weight is 246 g/mol. The molecule has 0 amide bonds. The third kappa shape index (κ3) is 4.00. The van der Waals surface area contributed by atoms with Crippen LogP contribution in [0.5, 0.6) is 0 Å². The first-order valence-electron chi connectivity index (χ1n) is 4.21. The van der Waals surface area contributed by atoms with E-state index in [4.69, 9.17) is 4.89 Å². The molecule has 0 aliphatic carbocycles. The predicted octanol–water partition coefficient (Wildman–Crippen LogP) is 1.44. The van der Waals surface area contributed by atoms with Crippen molar-refractivity contribution in [2.24, 2.45) is 0 Å². The molecule has 1 aromatic carbocycles. The Morgan fingerprint density at radius 2 is 1.87 bits per heavy atom. The van der Waals surface area contributed by atoms with E-state index in [0.29, 0.717) is 0 Å². The van der Waals surface area contributed by atoms with Crippen LogP contribution >= 0.6 is 8.03 Å². The lowest BCUT2D eigenvalue weighted by molar-refractivity contribution is 0.506. The van der Waals surface area contributed by atoms with Gasteiger partial charge in [-0.15, -0.1) is 0 Å². The zero-order valence-electron chi connectivity index (χ0n) is 7.83. The second kappa shape index (κ2) is 5.26. The van der Waals surface area contributed by atoms with Crippen LogP contribution in [-0.4, -0.2) is 19.5 Å². The average Bonchev–Trinajstić information content (AvgIpc) is 2.18. The standard InChI is InChI=1S/C9H11O4PS/c10-14(11)7-4-8-15(12,13)9-5-2-1-3-6-9/h1-6,8,14H,7H2,(H,10,11). The molecule has 0 aliphatic heterocycles. The van der Waals surface area contributed by atoms with Crippen LogP contribution in [0.25, 0.3) is 0 Å². The smallest absolute Gasteiger partial charge is 0.199 e. The van der Waals surface area contributed by atoms with E-state index in [-0.39, 0.29) is 11.1 Å². The van der Waals surface area contributed by atoms with Gasteiger partial charge in [0.1, 0.15) is 0 Å². The number of hydrogen-bond acceptors (Lipinski definition) is 3. The Balaban J connectivity index is 2.86. The molecule has 1 aromatic rings. The molecule has 0 heterocycles. The highest BCUT2D eigenvalue weighted by Gasteiger charge is 2.08. The van der Waals surface area contributed by atoms with E-state index in [1.165, 1.54) is 18.2 Å². The van der Waals surface area contributed by atoms with Gasteiger partial charge in [-0.1, -0.05) is 24.3 Å². The molecule has 0 aromatic heterocycles. The van der Waals surface area contributed by atoms with Crippen LogP contribution < -0.4 is 0 Å². The number of sulfone groups is 1. The maximum atomic E-state index is 11.6. The molecule has 1 rings (SSSR count). The minimum atomic E-state index is -3.47. The number of allylic oxidation sites excluding steroid dienone is 1. The summed E-state index contributed by atoms with van der Waals surface area (Å²) in [4.78, 5) is 8.70. The Morgan fingerprint density at radius 1 is 1.27 bits per heavy atom. The highest BCUT2D eigenvalue weighted by atomic mass is 32.2. The van der Waals surface area contributed by atoms with Gasteiger partial charge >= 0.3 is 0 Å². The Bertz CT molecular complexity index is 464. The van der Waals surface area contributed by atoms with E-state index >= 15 is 0 Å². The lowest BCUT2D eigenvalue weighted by Gasteiger charge is -1.96. The van der Waals surface area contributed by atoms with Crippen molar-refractivity contribution in [1.82, 2.24) is 0 Å². The highest BCUT2D eigenvalue weighted by Crippen LogP contribution is 2.15. The molecule has 6 heteroatoms. The fourth-order valence-electron chi connectivity index (χ4n) is 0.964. The summed E-state index contributed by atoms with van der Waals surface area (Å²) >= 11 is 0. The van der Waals surface area contributed by atoms with E-state index in [9.17, 15) is 13.0 Å². The van der Waals surface area contributed by atoms with Crippen LogP contribution in [0.3, 0.4) is 0 Å². The minimum absolute atomic E-state index is 0.114. The van der Waals surface area contributed by atoms with Crippen molar-refractivity contribution < 1.29 is 17.9 Å². The third-order valence-corrected chi connectivity index (χ3v) is 3.70. The van der Waals surface area contributed by atoms with Gasteiger partial charge in [-0.3, -0.25) is 4.57 Å². The molecule has 4 nitrogen and oxygen atoms in total. The molecule has 0 saturated heterocycles. The molecule has 0 aliphatic rings. The first-order chi connectivity index (χ1) is 7.02. The molecule has 0 spiro atoms. The maximum Gasteiger partial charge on any atom is 0.199 e. The number of hydrogen-bond donors (Lipinski definition) is 1. The van der Waals surface area contributed by atoms with E-state index in [2.05, 4.69) is 0 Å². The zero-order chi connectivity index (χ0) is 11.3. The second-order valence-electron chi connectivity index (χ2n) is 2.83. The summed E-state index contributed by atoms with van der Waals surface area (Å²) in [5.74, 6) is 0. The van der Waals surface area contributed by atoms with Crippen LogP contribution in [0.4, 0.5) is 0 Å². The minimum Gasteiger partial charge on any atom is -0.346 e. The summed E-state index contributed by atoms with van der Waals surface area (Å²) in [6.07, 6.45) is 1.08. The van der Waals surface area contributed by atoms with Crippen LogP contribution in [0, 0.1) is 0 Å². The van der Waals surface area contributed by atoms with Crippen molar-refractivity contribution in [3.63, 3.8) is 0 Å². The van der Waals surface area contributed by atoms with Gasteiger partial charge in [-0.2, -0.15) is 0 Å². The molecule has 1 N–H and O–H groups in total. The summed E-state index contributed by atoms with van der Waals surface area (Å²) in [6.45, 7) is 0. The molecular weight excluding hydrogens is 235 g/mol. The van der Waals surface area contributed by atoms with Crippen LogP contribution in [0.1, 0.15) is 0 Å². The van der Waals surface area contributed by atoms with E-state index in [1.54, 1.807) is 18.2 Å².